The Kier molecular flexibility index (Phi) is 6.44. The highest BCUT2D eigenvalue weighted by Crippen LogP contribution is 2.20. The number of piperidine rings is 1. The van der Waals surface area contributed by atoms with Gasteiger partial charge in [-0.2, -0.15) is 0 Å². The molecule has 3 rings (SSSR count). The molecule has 0 aliphatic carbocycles. The Hall–Kier alpha value is -1.57. The van der Waals surface area contributed by atoms with Crippen LogP contribution >= 0.6 is 24.0 Å². The van der Waals surface area contributed by atoms with Crippen LogP contribution in [0.5, 0.6) is 0 Å². The Morgan fingerprint density at radius 1 is 1.30 bits per heavy atom. The van der Waals surface area contributed by atoms with Gasteiger partial charge in [-0.3, -0.25) is 0 Å². The molecule has 0 unspecified atom stereocenters. The van der Waals surface area contributed by atoms with Gasteiger partial charge < -0.3 is 15.1 Å². The molecule has 1 aromatic heterocycles. The molecule has 0 atom stereocenters. The summed E-state index contributed by atoms with van der Waals surface area (Å²) in [6.07, 6.45) is 4.08. The number of likely N-dealkylation sites (tertiary alicyclic amines) is 1. The third-order valence-corrected chi connectivity index (χ3v) is 4.10. The summed E-state index contributed by atoms with van der Waals surface area (Å²) in [5.74, 6) is 2.72. The molecule has 0 spiro atoms. The fourth-order valence-electron chi connectivity index (χ4n) is 2.61. The van der Waals surface area contributed by atoms with Gasteiger partial charge in [0, 0.05) is 18.7 Å². The first-order valence-electron chi connectivity index (χ1n) is 7.77. The quantitative estimate of drug-likeness (QED) is 0.464. The number of hydrogen-bond donors (Lipinski definition) is 1. The molecular formula is C17H23IN4O. The van der Waals surface area contributed by atoms with Crippen LogP contribution < -0.4 is 5.73 Å². The van der Waals surface area contributed by atoms with Crippen LogP contribution in [0.25, 0.3) is 11.3 Å². The van der Waals surface area contributed by atoms with E-state index in [2.05, 4.69) is 21.8 Å². The molecule has 1 fully saturated rings. The predicted molar refractivity (Wildman–Crippen MR) is 103 cm³/mol. The van der Waals surface area contributed by atoms with Gasteiger partial charge in [0.2, 0.25) is 5.89 Å². The summed E-state index contributed by atoms with van der Waals surface area (Å²) < 4.78 is 5.73. The Morgan fingerprint density at radius 3 is 2.70 bits per heavy atom. The van der Waals surface area contributed by atoms with Gasteiger partial charge >= 0.3 is 0 Å². The van der Waals surface area contributed by atoms with Crippen LogP contribution in [-0.2, 0) is 6.54 Å². The molecular weight excluding hydrogens is 403 g/mol. The Balaban J connectivity index is 0.00000192. The van der Waals surface area contributed by atoms with Gasteiger partial charge in [0.05, 0.1) is 6.20 Å². The van der Waals surface area contributed by atoms with Crippen LogP contribution in [0.2, 0.25) is 0 Å². The van der Waals surface area contributed by atoms with Crippen molar-refractivity contribution in [2.24, 2.45) is 16.6 Å². The van der Waals surface area contributed by atoms with E-state index in [1.807, 2.05) is 30.3 Å². The summed E-state index contributed by atoms with van der Waals surface area (Å²) in [6, 6.07) is 9.93. The van der Waals surface area contributed by atoms with E-state index in [4.69, 9.17) is 10.2 Å². The fourth-order valence-corrected chi connectivity index (χ4v) is 2.61. The predicted octanol–water partition coefficient (Wildman–Crippen LogP) is 3.51. The molecule has 1 saturated heterocycles. The highest BCUT2D eigenvalue weighted by atomic mass is 127. The zero-order valence-electron chi connectivity index (χ0n) is 13.3. The molecule has 6 heteroatoms. The van der Waals surface area contributed by atoms with E-state index in [0.29, 0.717) is 18.4 Å². The van der Waals surface area contributed by atoms with Crippen molar-refractivity contribution in [2.45, 2.75) is 26.3 Å². The molecule has 0 amide bonds. The van der Waals surface area contributed by atoms with Crippen molar-refractivity contribution in [3.63, 3.8) is 0 Å². The van der Waals surface area contributed by atoms with Crippen LogP contribution in [-0.4, -0.2) is 28.9 Å². The molecule has 2 heterocycles. The van der Waals surface area contributed by atoms with Crippen LogP contribution in [0.1, 0.15) is 25.7 Å². The molecule has 0 radical (unpaired) electrons. The van der Waals surface area contributed by atoms with E-state index in [1.165, 1.54) is 12.8 Å². The van der Waals surface area contributed by atoms with Gasteiger partial charge in [-0.05, 0) is 18.8 Å². The third-order valence-electron chi connectivity index (χ3n) is 4.10. The average molecular weight is 426 g/mol. The van der Waals surface area contributed by atoms with Crippen molar-refractivity contribution in [1.82, 2.24) is 9.88 Å². The minimum Gasteiger partial charge on any atom is -0.439 e. The molecule has 1 aliphatic heterocycles. The van der Waals surface area contributed by atoms with Crippen molar-refractivity contribution in [3.8, 4) is 11.3 Å². The molecule has 1 aliphatic rings. The smallest absolute Gasteiger partial charge is 0.216 e. The Labute approximate surface area is 154 Å². The second-order valence-corrected chi connectivity index (χ2v) is 5.83. The summed E-state index contributed by atoms with van der Waals surface area (Å²) in [7, 11) is 0. The topological polar surface area (TPSA) is 67.7 Å². The number of oxazole rings is 1. The average Bonchev–Trinajstić information content (AvgIpc) is 3.03. The molecule has 0 saturated carbocycles. The first-order chi connectivity index (χ1) is 10.7. The van der Waals surface area contributed by atoms with Gasteiger partial charge in [0.15, 0.2) is 11.7 Å². The minimum atomic E-state index is 0. The maximum absolute atomic E-state index is 6.07. The largest absolute Gasteiger partial charge is 0.439 e. The number of hydrogen-bond acceptors (Lipinski definition) is 3. The van der Waals surface area contributed by atoms with Crippen LogP contribution in [0, 0.1) is 5.92 Å². The van der Waals surface area contributed by atoms with Crippen molar-refractivity contribution >= 4 is 29.9 Å². The van der Waals surface area contributed by atoms with E-state index in [-0.39, 0.29) is 24.0 Å². The Morgan fingerprint density at radius 2 is 2.00 bits per heavy atom. The molecule has 1 aromatic carbocycles. The summed E-state index contributed by atoms with van der Waals surface area (Å²) in [5, 5.41) is 0. The van der Waals surface area contributed by atoms with E-state index in [0.717, 1.165) is 30.3 Å². The van der Waals surface area contributed by atoms with Crippen LogP contribution in [0.4, 0.5) is 0 Å². The first-order valence-corrected chi connectivity index (χ1v) is 7.77. The van der Waals surface area contributed by atoms with Gasteiger partial charge in [0.25, 0.3) is 0 Å². The molecule has 2 aromatic rings. The zero-order valence-corrected chi connectivity index (χ0v) is 15.6. The van der Waals surface area contributed by atoms with Gasteiger partial charge in [-0.15, -0.1) is 24.0 Å². The lowest BCUT2D eigenvalue weighted by Crippen LogP contribution is -2.42. The van der Waals surface area contributed by atoms with Crippen molar-refractivity contribution < 1.29 is 4.42 Å². The number of guanidine groups is 1. The number of halogens is 1. The Bertz CT molecular complexity index is 633. The van der Waals surface area contributed by atoms with Crippen molar-refractivity contribution in [1.29, 1.82) is 0 Å². The molecule has 124 valence electrons. The standard InChI is InChI=1S/C17H22N4O.HI/c1-13-7-9-21(10-8-13)17(18)20-12-16-19-11-15(22-16)14-5-3-2-4-6-14;/h2-6,11,13H,7-10,12H2,1H3,(H2,18,20);1H. The highest BCUT2D eigenvalue weighted by Gasteiger charge is 2.17. The van der Waals surface area contributed by atoms with E-state index >= 15 is 0 Å². The summed E-state index contributed by atoms with van der Waals surface area (Å²) in [6.45, 7) is 4.63. The zero-order chi connectivity index (χ0) is 15.4. The summed E-state index contributed by atoms with van der Waals surface area (Å²) >= 11 is 0. The van der Waals surface area contributed by atoms with Gasteiger partial charge in [-0.1, -0.05) is 37.3 Å². The van der Waals surface area contributed by atoms with Gasteiger partial charge in [0.1, 0.15) is 6.54 Å². The fraction of sp³-hybridized carbons (Fsp3) is 0.412. The maximum Gasteiger partial charge on any atom is 0.216 e. The number of aliphatic imine (C=N–C) groups is 1. The summed E-state index contributed by atoms with van der Waals surface area (Å²) in [5.41, 5.74) is 7.08. The van der Waals surface area contributed by atoms with Crippen molar-refractivity contribution in [2.75, 3.05) is 13.1 Å². The molecule has 2 N–H and O–H groups in total. The number of aromatic nitrogens is 1. The van der Waals surface area contributed by atoms with Crippen LogP contribution in [0.3, 0.4) is 0 Å². The second-order valence-electron chi connectivity index (χ2n) is 5.83. The number of benzene rings is 1. The lowest BCUT2D eigenvalue weighted by atomic mass is 10.00. The van der Waals surface area contributed by atoms with Crippen LogP contribution in [0.15, 0.2) is 45.9 Å². The molecule has 23 heavy (non-hydrogen) atoms. The van der Waals surface area contributed by atoms with E-state index in [1.54, 1.807) is 6.20 Å². The molecule has 0 bridgehead atoms. The number of nitrogens with two attached hydrogens (primary N) is 1. The number of nitrogens with zero attached hydrogens (tertiary/aromatic N) is 3. The normalized spacial score (nSPS) is 16.2. The monoisotopic (exact) mass is 426 g/mol. The van der Waals surface area contributed by atoms with E-state index in [9.17, 15) is 0 Å². The number of rotatable bonds is 3. The minimum absolute atomic E-state index is 0. The van der Waals surface area contributed by atoms with Crippen molar-refractivity contribution in [3.05, 3.63) is 42.4 Å². The lowest BCUT2D eigenvalue weighted by molar-refractivity contribution is 0.277. The first kappa shape index (κ1) is 17.8. The second kappa shape index (κ2) is 8.33. The lowest BCUT2D eigenvalue weighted by Gasteiger charge is -2.30. The third kappa shape index (κ3) is 4.70. The SMILES string of the molecule is CC1CCN(C(N)=NCc2ncc(-c3ccccc3)o2)CC1.I. The van der Waals surface area contributed by atoms with E-state index < -0.39 is 0 Å². The summed E-state index contributed by atoms with van der Waals surface area (Å²) in [4.78, 5) is 10.8. The maximum atomic E-state index is 6.07. The molecule has 5 nitrogen and oxygen atoms in total. The van der Waals surface area contributed by atoms with Gasteiger partial charge in [-0.25, -0.2) is 9.98 Å². The highest BCUT2D eigenvalue weighted by molar-refractivity contribution is 14.0.